The van der Waals surface area contributed by atoms with Crippen molar-refractivity contribution in [1.29, 1.82) is 0 Å². The van der Waals surface area contributed by atoms with Gasteiger partial charge in [0.05, 0.1) is 12.2 Å². The second-order valence-corrected chi connectivity index (χ2v) is 3.87. The normalized spacial score (nSPS) is 30.7. The first kappa shape index (κ1) is 11.0. The molecule has 0 saturated carbocycles. The molecule has 1 aliphatic heterocycles. The third-order valence-corrected chi connectivity index (χ3v) is 2.35. The van der Waals surface area contributed by atoms with Crippen LogP contribution in [0.2, 0.25) is 0 Å². The van der Waals surface area contributed by atoms with Crippen molar-refractivity contribution in [2.24, 2.45) is 0 Å². The summed E-state index contributed by atoms with van der Waals surface area (Å²) in [5.41, 5.74) is 0. The number of hydrogen-bond donors (Lipinski definition) is 1. The first-order chi connectivity index (χ1) is 6.22. The van der Waals surface area contributed by atoms with Crippen LogP contribution in [-0.4, -0.2) is 49.8 Å². The van der Waals surface area contributed by atoms with Gasteiger partial charge in [-0.15, -0.1) is 0 Å². The minimum Gasteiger partial charge on any atom is -0.373 e. The van der Waals surface area contributed by atoms with Gasteiger partial charge in [0.25, 0.3) is 0 Å². The van der Waals surface area contributed by atoms with E-state index in [-0.39, 0.29) is 0 Å². The molecule has 0 aliphatic carbocycles. The predicted octanol–water partition coefficient (Wildman–Crippen LogP) is 0.705. The minimum absolute atomic E-state index is 0.394. The number of nitrogens with one attached hydrogen (secondary N) is 1. The van der Waals surface area contributed by atoms with Crippen molar-refractivity contribution in [3.63, 3.8) is 0 Å². The Kier molecular flexibility index (Phi) is 4.70. The number of likely N-dealkylation sites (N-methyl/N-ethyl adjacent to an activating group) is 1. The molecule has 1 heterocycles. The molecular weight excluding hydrogens is 164 g/mol. The summed E-state index contributed by atoms with van der Waals surface area (Å²) in [6.45, 7) is 11.9. The minimum atomic E-state index is 0.394. The quantitative estimate of drug-likeness (QED) is 0.654. The number of nitrogens with zero attached hydrogens (tertiary/aromatic N) is 1. The first-order valence-electron chi connectivity index (χ1n) is 5.31. The van der Waals surface area contributed by atoms with Crippen molar-refractivity contribution >= 4 is 0 Å². The molecule has 0 aromatic heterocycles. The smallest absolute Gasteiger partial charge is 0.0678 e. The Morgan fingerprint density at radius 2 is 1.92 bits per heavy atom. The number of ether oxygens (including phenoxy) is 1. The topological polar surface area (TPSA) is 24.5 Å². The van der Waals surface area contributed by atoms with Crippen LogP contribution in [-0.2, 0) is 4.74 Å². The Balaban J connectivity index is 2.17. The van der Waals surface area contributed by atoms with Crippen LogP contribution in [0.3, 0.4) is 0 Å². The number of rotatable bonds is 4. The van der Waals surface area contributed by atoms with E-state index in [1.165, 1.54) is 0 Å². The molecule has 2 atom stereocenters. The Morgan fingerprint density at radius 3 is 2.46 bits per heavy atom. The summed E-state index contributed by atoms with van der Waals surface area (Å²) in [4.78, 5) is 2.47. The fraction of sp³-hybridized carbons (Fsp3) is 1.00. The van der Waals surface area contributed by atoms with Crippen LogP contribution in [0.15, 0.2) is 0 Å². The zero-order valence-electron chi connectivity index (χ0n) is 9.05. The molecule has 1 N–H and O–H groups in total. The lowest BCUT2D eigenvalue weighted by atomic mass is 10.2. The van der Waals surface area contributed by atoms with Crippen LogP contribution in [0.4, 0.5) is 0 Å². The lowest BCUT2D eigenvalue weighted by molar-refractivity contribution is -0.0673. The molecule has 0 unspecified atom stereocenters. The highest BCUT2D eigenvalue weighted by atomic mass is 16.5. The molecule has 3 heteroatoms. The molecule has 1 saturated heterocycles. The highest BCUT2D eigenvalue weighted by molar-refractivity contribution is 4.73. The monoisotopic (exact) mass is 186 g/mol. The van der Waals surface area contributed by atoms with Gasteiger partial charge in [0, 0.05) is 26.2 Å². The van der Waals surface area contributed by atoms with Crippen molar-refractivity contribution in [1.82, 2.24) is 10.2 Å². The van der Waals surface area contributed by atoms with Crippen molar-refractivity contribution in [3.05, 3.63) is 0 Å². The van der Waals surface area contributed by atoms with Gasteiger partial charge in [-0.2, -0.15) is 0 Å². The fourth-order valence-corrected chi connectivity index (χ4v) is 1.88. The maximum absolute atomic E-state index is 5.66. The fourth-order valence-electron chi connectivity index (χ4n) is 1.88. The molecular formula is C10H22N2O. The van der Waals surface area contributed by atoms with E-state index >= 15 is 0 Å². The van der Waals surface area contributed by atoms with E-state index in [1.54, 1.807) is 0 Å². The third-order valence-electron chi connectivity index (χ3n) is 2.35. The Bertz CT molecular complexity index is 131. The lowest BCUT2D eigenvalue weighted by Crippen LogP contribution is -2.47. The molecule has 1 aliphatic rings. The van der Waals surface area contributed by atoms with E-state index in [9.17, 15) is 0 Å². The average Bonchev–Trinajstić information content (AvgIpc) is 2.03. The van der Waals surface area contributed by atoms with Crippen LogP contribution < -0.4 is 5.32 Å². The predicted molar refractivity (Wildman–Crippen MR) is 55.0 cm³/mol. The second kappa shape index (κ2) is 5.58. The summed E-state index contributed by atoms with van der Waals surface area (Å²) in [7, 11) is 0. The molecule has 3 nitrogen and oxygen atoms in total. The maximum atomic E-state index is 5.66. The second-order valence-electron chi connectivity index (χ2n) is 3.87. The van der Waals surface area contributed by atoms with Crippen molar-refractivity contribution in [2.75, 3.05) is 32.7 Å². The summed E-state index contributed by atoms with van der Waals surface area (Å²) >= 11 is 0. The van der Waals surface area contributed by atoms with Gasteiger partial charge in [0.2, 0.25) is 0 Å². The molecule has 0 aromatic carbocycles. The van der Waals surface area contributed by atoms with Gasteiger partial charge in [-0.3, -0.25) is 4.90 Å². The molecule has 0 radical (unpaired) electrons. The van der Waals surface area contributed by atoms with E-state index in [4.69, 9.17) is 4.74 Å². The Morgan fingerprint density at radius 1 is 1.31 bits per heavy atom. The van der Waals surface area contributed by atoms with Gasteiger partial charge in [0.1, 0.15) is 0 Å². The van der Waals surface area contributed by atoms with Gasteiger partial charge in [-0.1, -0.05) is 6.92 Å². The molecule has 1 fully saturated rings. The highest BCUT2D eigenvalue weighted by Gasteiger charge is 2.21. The van der Waals surface area contributed by atoms with E-state index in [0.29, 0.717) is 12.2 Å². The van der Waals surface area contributed by atoms with Gasteiger partial charge < -0.3 is 10.1 Å². The maximum Gasteiger partial charge on any atom is 0.0678 e. The molecule has 0 aromatic rings. The lowest BCUT2D eigenvalue weighted by Gasteiger charge is -2.35. The van der Waals surface area contributed by atoms with Crippen LogP contribution in [0, 0.1) is 0 Å². The molecule has 1 rings (SSSR count). The molecule has 13 heavy (non-hydrogen) atoms. The molecule has 78 valence electrons. The molecule has 0 spiro atoms. The van der Waals surface area contributed by atoms with Crippen LogP contribution in [0.25, 0.3) is 0 Å². The van der Waals surface area contributed by atoms with Crippen LogP contribution >= 0.6 is 0 Å². The Hall–Kier alpha value is -0.120. The largest absolute Gasteiger partial charge is 0.373 e. The summed E-state index contributed by atoms with van der Waals surface area (Å²) in [6.07, 6.45) is 0.788. The summed E-state index contributed by atoms with van der Waals surface area (Å²) < 4.78 is 5.66. The highest BCUT2D eigenvalue weighted by Crippen LogP contribution is 2.09. The van der Waals surface area contributed by atoms with Crippen molar-refractivity contribution < 1.29 is 4.74 Å². The van der Waals surface area contributed by atoms with Gasteiger partial charge in [0.15, 0.2) is 0 Å². The van der Waals surface area contributed by atoms with E-state index in [0.717, 1.165) is 32.7 Å². The van der Waals surface area contributed by atoms with Crippen LogP contribution in [0.5, 0.6) is 0 Å². The van der Waals surface area contributed by atoms with E-state index in [2.05, 4.69) is 31.0 Å². The zero-order chi connectivity index (χ0) is 9.68. The summed E-state index contributed by atoms with van der Waals surface area (Å²) in [6, 6.07) is 0. The standard InChI is InChI=1S/C10H22N2O/c1-4-11-5-6-12-7-9(2)13-10(3)8-12/h9-11H,4-8H2,1-3H3/t9-,10+. The Labute approximate surface area is 81.4 Å². The van der Waals surface area contributed by atoms with Crippen molar-refractivity contribution in [2.45, 2.75) is 33.0 Å². The molecule has 0 amide bonds. The third kappa shape index (κ3) is 4.07. The SMILES string of the molecule is CCNCCN1C[C@@H](C)O[C@@H](C)C1. The van der Waals surface area contributed by atoms with Crippen molar-refractivity contribution in [3.8, 4) is 0 Å². The van der Waals surface area contributed by atoms with Gasteiger partial charge in [-0.25, -0.2) is 0 Å². The zero-order valence-corrected chi connectivity index (χ0v) is 9.05. The first-order valence-corrected chi connectivity index (χ1v) is 5.31. The summed E-state index contributed by atoms with van der Waals surface area (Å²) in [5, 5.41) is 3.34. The van der Waals surface area contributed by atoms with Crippen LogP contribution in [0.1, 0.15) is 20.8 Å². The number of morpholine rings is 1. The van der Waals surface area contributed by atoms with Gasteiger partial charge in [-0.05, 0) is 20.4 Å². The van der Waals surface area contributed by atoms with E-state index in [1.807, 2.05) is 0 Å². The van der Waals surface area contributed by atoms with E-state index < -0.39 is 0 Å². The average molecular weight is 186 g/mol. The number of hydrogen-bond acceptors (Lipinski definition) is 3. The molecule has 0 bridgehead atoms. The summed E-state index contributed by atoms with van der Waals surface area (Å²) in [5.74, 6) is 0. The van der Waals surface area contributed by atoms with Gasteiger partial charge >= 0.3 is 0 Å².